The van der Waals surface area contributed by atoms with Crippen LogP contribution >= 0.6 is 0 Å². The van der Waals surface area contributed by atoms with E-state index in [1.807, 2.05) is 0 Å². The Kier molecular flexibility index (Phi) is 5.64. The lowest BCUT2D eigenvalue weighted by atomic mass is 10.1. The number of hydrogen-bond donors (Lipinski definition) is 1. The summed E-state index contributed by atoms with van der Waals surface area (Å²) in [5, 5.41) is 0. The molecule has 0 atom stereocenters. The van der Waals surface area contributed by atoms with Crippen LogP contribution in [0.15, 0.2) is 17.0 Å². The third-order valence-corrected chi connectivity index (χ3v) is 5.80. The molecule has 0 bridgehead atoms. The van der Waals surface area contributed by atoms with Gasteiger partial charge in [-0.2, -0.15) is 0 Å². The monoisotopic (exact) mass is 340 g/mol. The Balaban J connectivity index is 2.06. The van der Waals surface area contributed by atoms with Gasteiger partial charge in [0.2, 0.25) is 15.9 Å². The number of methoxy groups -OCH3 is 1. The summed E-state index contributed by atoms with van der Waals surface area (Å²) in [6, 6.07) is 3.41. The van der Waals surface area contributed by atoms with Gasteiger partial charge in [-0.15, -0.1) is 0 Å². The molecule has 23 heavy (non-hydrogen) atoms. The van der Waals surface area contributed by atoms with Crippen molar-refractivity contribution in [2.45, 2.75) is 38.0 Å². The molecule has 128 valence electrons. The number of ether oxygens (including phenoxy) is 1. The second-order valence-corrected chi connectivity index (χ2v) is 7.53. The summed E-state index contributed by atoms with van der Waals surface area (Å²) < 4.78 is 32.8. The predicted octanol–water partition coefficient (Wildman–Crippen LogP) is 1.60. The van der Waals surface area contributed by atoms with Crippen molar-refractivity contribution in [3.8, 4) is 5.75 Å². The van der Waals surface area contributed by atoms with E-state index in [1.54, 1.807) is 38.0 Å². The first-order chi connectivity index (χ1) is 10.8. The molecular weight excluding hydrogens is 316 g/mol. The molecule has 1 heterocycles. The van der Waals surface area contributed by atoms with Crippen LogP contribution in [-0.2, 0) is 14.8 Å². The molecule has 0 saturated carbocycles. The molecule has 1 fully saturated rings. The van der Waals surface area contributed by atoms with Gasteiger partial charge >= 0.3 is 0 Å². The van der Waals surface area contributed by atoms with Crippen molar-refractivity contribution in [3.63, 3.8) is 0 Å². The van der Waals surface area contributed by atoms with Gasteiger partial charge in [0, 0.05) is 26.1 Å². The van der Waals surface area contributed by atoms with E-state index in [0.29, 0.717) is 36.4 Å². The van der Waals surface area contributed by atoms with E-state index >= 15 is 0 Å². The van der Waals surface area contributed by atoms with Crippen LogP contribution in [0, 0.1) is 13.8 Å². The third-order valence-electron chi connectivity index (χ3n) is 4.03. The fourth-order valence-electron chi connectivity index (χ4n) is 2.94. The Morgan fingerprint density at radius 1 is 1.22 bits per heavy atom. The number of aryl methyl sites for hydroxylation is 2. The maximum Gasteiger partial charge on any atom is 0.241 e. The van der Waals surface area contributed by atoms with E-state index in [2.05, 4.69) is 4.72 Å². The van der Waals surface area contributed by atoms with E-state index in [0.717, 1.165) is 12.8 Å². The third kappa shape index (κ3) is 4.23. The predicted molar refractivity (Wildman–Crippen MR) is 88.1 cm³/mol. The summed E-state index contributed by atoms with van der Waals surface area (Å²) in [5.74, 6) is 0.741. The standard InChI is InChI=1S/C16H24N2O4S/c1-12-10-14(22-3)11-13(2)16(12)23(20,21)17-7-9-18-8-5-4-6-15(18)19/h10-11,17H,4-9H2,1-3H3. The molecule has 1 aliphatic heterocycles. The minimum Gasteiger partial charge on any atom is -0.497 e. The molecule has 1 aliphatic rings. The van der Waals surface area contributed by atoms with Gasteiger partial charge in [0.1, 0.15) is 5.75 Å². The highest BCUT2D eigenvalue weighted by Crippen LogP contribution is 2.25. The Labute approximate surface area is 137 Å². The zero-order valence-electron chi connectivity index (χ0n) is 13.9. The second-order valence-electron chi connectivity index (χ2n) is 5.83. The summed E-state index contributed by atoms with van der Waals surface area (Å²) >= 11 is 0. The lowest BCUT2D eigenvalue weighted by Gasteiger charge is -2.26. The minimum absolute atomic E-state index is 0.104. The van der Waals surface area contributed by atoms with Crippen LogP contribution in [0.5, 0.6) is 5.75 Å². The van der Waals surface area contributed by atoms with E-state index in [-0.39, 0.29) is 17.3 Å². The summed E-state index contributed by atoms with van der Waals surface area (Å²) in [6.07, 6.45) is 2.46. The first kappa shape index (κ1) is 17.7. The number of carbonyl (C=O) groups excluding carboxylic acids is 1. The lowest BCUT2D eigenvalue weighted by molar-refractivity contribution is -0.133. The van der Waals surface area contributed by atoms with Gasteiger partial charge in [-0.3, -0.25) is 4.79 Å². The molecular formula is C16H24N2O4S. The van der Waals surface area contributed by atoms with Crippen molar-refractivity contribution in [1.82, 2.24) is 9.62 Å². The van der Waals surface area contributed by atoms with Crippen LogP contribution in [0.1, 0.15) is 30.4 Å². The van der Waals surface area contributed by atoms with E-state index in [9.17, 15) is 13.2 Å². The maximum atomic E-state index is 12.5. The smallest absolute Gasteiger partial charge is 0.241 e. The Morgan fingerprint density at radius 3 is 2.43 bits per heavy atom. The SMILES string of the molecule is COc1cc(C)c(S(=O)(=O)NCCN2CCCCC2=O)c(C)c1. The van der Waals surface area contributed by atoms with E-state index in [1.165, 1.54) is 0 Å². The van der Waals surface area contributed by atoms with E-state index < -0.39 is 10.0 Å². The fourth-order valence-corrected chi connectivity index (χ4v) is 4.41. The van der Waals surface area contributed by atoms with Gasteiger partial charge in [-0.25, -0.2) is 13.1 Å². The van der Waals surface area contributed by atoms with Gasteiger partial charge in [0.25, 0.3) is 0 Å². The number of piperidine rings is 1. The molecule has 1 amide bonds. The molecule has 6 nitrogen and oxygen atoms in total. The first-order valence-electron chi connectivity index (χ1n) is 7.78. The zero-order chi connectivity index (χ0) is 17.0. The topological polar surface area (TPSA) is 75.7 Å². The molecule has 1 saturated heterocycles. The largest absolute Gasteiger partial charge is 0.497 e. The summed E-state index contributed by atoms with van der Waals surface area (Å²) in [7, 11) is -2.06. The average Bonchev–Trinajstić information content (AvgIpc) is 2.48. The molecule has 2 rings (SSSR count). The van der Waals surface area contributed by atoms with Crippen molar-refractivity contribution < 1.29 is 17.9 Å². The molecule has 0 radical (unpaired) electrons. The lowest BCUT2D eigenvalue weighted by Crippen LogP contribution is -2.41. The summed E-state index contributed by atoms with van der Waals surface area (Å²) in [6.45, 7) is 4.84. The highest BCUT2D eigenvalue weighted by Gasteiger charge is 2.22. The normalized spacial score (nSPS) is 15.8. The van der Waals surface area contributed by atoms with Crippen LogP contribution in [0.2, 0.25) is 0 Å². The molecule has 0 aliphatic carbocycles. The van der Waals surface area contributed by atoms with Crippen molar-refractivity contribution in [3.05, 3.63) is 23.3 Å². The number of nitrogens with one attached hydrogen (secondary N) is 1. The van der Waals surface area contributed by atoms with Crippen LogP contribution in [0.25, 0.3) is 0 Å². The number of hydrogen-bond acceptors (Lipinski definition) is 4. The van der Waals surface area contributed by atoms with Gasteiger partial charge < -0.3 is 9.64 Å². The highest BCUT2D eigenvalue weighted by atomic mass is 32.2. The molecule has 0 spiro atoms. The second kappa shape index (κ2) is 7.31. The number of amides is 1. The Morgan fingerprint density at radius 2 is 1.87 bits per heavy atom. The minimum atomic E-state index is -3.61. The first-order valence-corrected chi connectivity index (χ1v) is 9.26. The van der Waals surface area contributed by atoms with Gasteiger partial charge in [0.15, 0.2) is 0 Å². The number of rotatable bonds is 6. The Bertz CT molecular complexity index is 662. The molecule has 1 aromatic rings. The molecule has 0 unspecified atom stereocenters. The summed E-state index contributed by atoms with van der Waals surface area (Å²) in [5.41, 5.74) is 1.28. The van der Waals surface area contributed by atoms with Gasteiger partial charge in [0.05, 0.1) is 12.0 Å². The number of nitrogens with zero attached hydrogens (tertiary/aromatic N) is 1. The summed E-state index contributed by atoms with van der Waals surface area (Å²) in [4.78, 5) is 13.7. The van der Waals surface area contributed by atoms with Crippen molar-refractivity contribution in [2.24, 2.45) is 0 Å². The van der Waals surface area contributed by atoms with Crippen LogP contribution in [0.3, 0.4) is 0 Å². The molecule has 1 N–H and O–H groups in total. The average molecular weight is 340 g/mol. The van der Waals surface area contributed by atoms with Crippen molar-refractivity contribution in [1.29, 1.82) is 0 Å². The Hall–Kier alpha value is -1.60. The number of carbonyl (C=O) groups is 1. The van der Waals surface area contributed by atoms with E-state index in [4.69, 9.17) is 4.74 Å². The van der Waals surface area contributed by atoms with Crippen LogP contribution in [-0.4, -0.2) is 46.0 Å². The van der Waals surface area contributed by atoms with Crippen LogP contribution < -0.4 is 9.46 Å². The maximum absolute atomic E-state index is 12.5. The quantitative estimate of drug-likeness (QED) is 0.853. The molecule has 1 aromatic carbocycles. The van der Waals surface area contributed by atoms with Gasteiger partial charge in [-0.1, -0.05) is 0 Å². The number of likely N-dealkylation sites (tertiary alicyclic amines) is 1. The fraction of sp³-hybridized carbons (Fsp3) is 0.562. The zero-order valence-corrected chi connectivity index (χ0v) is 14.7. The van der Waals surface area contributed by atoms with Crippen molar-refractivity contribution in [2.75, 3.05) is 26.7 Å². The number of benzene rings is 1. The van der Waals surface area contributed by atoms with Gasteiger partial charge in [-0.05, 0) is 49.9 Å². The number of sulfonamides is 1. The van der Waals surface area contributed by atoms with Crippen LogP contribution in [0.4, 0.5) is 0 Å². The highest BCUT2D eigenvalue weighted by molar-refractivity contribution is 7.89. The molecule has 7 heteroatoms. The van der Waals surface area contributed by atoms with Crippen molar-refractivity contribution >= 4 is 15.9 Å². The molecule has 0 aromatic heterocycles.